The summed E-state index contributed by atoms with van der Waals surface area (Å²) in [6.45, 7) is 6.75. The van der Waals surface area contributed by atoms with Crippen LogP contribution in [0.5, 0.6) is 5.75 Å². The van der Waals surface area contributed by atoms with Gasteiger partial charge >= 0.3 is 0 Å². The number of hydrogen-bond acceptors (Lipinski definition) is 2. The largest absolute Gasteiger partial charge is 0.494 e. The zero-order chi connectivity index (χ0) is 13.1. The molecule has 2 rings (SSSR count). The summed E-state index contributed by atoms with van der Waals surface area (Å²) in [7, 11) is 0. The Morgan fingerprint density at radius 3 is 2.67 bits per heavy atom. The molecule has 1 heterocycles. The van der Waals surface area contributed by atoms with Crippen molar-refractivity contribution in [1.82, 2.24) is 0 Å². The maximum Gasteiger partial charge on any atom is 0.123 e. The Morgan fingerprint density at radius 1 is 1.39 bits per heavy atom. The van der Waals surface area contributed by atoms with E-state index in [1.807, 2.05) is 6.92 Å². The van der Waals surface area contributed by atoms with Crippen LogP contribution in [0.3, 0.4) is 0 Å². The lowest BCUT2D eigenvalue weighted by molar-refractivity contribution is 0.326. The minimum absolute atomic E-state index is 0.198. The normalized spacial score (nSPS) is 23.8. The lowest BCUT2D eigenvalue weighted by Crippen LogP contribution is -2.06. The maximum atomic E-state index is 13.4. The van der Waals surface area contributed by atoms with Gasteiger partial charge in [-0.3, -0.25) is 0 Å². The number of ether oxygens (including phenoxy) is 2. The van der Waals surface area contributed by atoms with E-state index >= 15 is 0 Å². The monoisotopic (exact) mass is 252 g/mol. The minimum Gasteiger partial charge on any atom is -0.494 e. The molecule has 0 aliphatic carbocycles. The van der Waals surface area contributed by atoms with Gasteiger partial charge in [0.2, 0.25) is 0 Å². The van der Waals surface area contributed by atoms with Crippen molar-refractivity contribution in [3.05, 3.63) is 29.6 Å². The summed E-state index contributed by atoms with van der Waals surface area (Å²) in [5, 5.41) is 0. The molecule has 1 saturated heterocycles. The number of epoxide rings is 1. The summed E-state index contributed by atoms with van der Waals surface area (Å²) < 4.78 is 24.5. The first-order chi connectivity index (χ1) is 8.65. The molecule has 0 bridgehead atoms. The van der Waals surface area contributed by atoms with E-state index < -0.39 is 0 Å². The van der Waals surface area contributed by atoms with Crippen LogP contribution in [0.1, 0.15) is 45.1 Å². The fourth-order valence-electron chi connectivity index (χ4n) is 2.40. The van der Waals surface area contributed by atoms with E-state index in [1.54, 1.807) is 12.1 Å². The summed E-state index contributed by atoms with van der Waals surface area (Å²) in [5.74, 6) is 0.910. The second-order valence-corrected chi connectivity index (χ2v) is 4.84. The average Bonchev–Trinajstić information content (AvgIpc) is 3.05. The lowest BCUT2D eigenvalue weighted by Gasteiger charge is -2.18. The first-order valence-electron chi connectivity index (χ1n) is 6.73. The number of rotatable bonds is 6. The smallest absolute Gasteiger partial charge is 0.123 e. The summed E-state index contributed by atoms with van der Waals surface area (Å²) >= 11 is 0. The summed E-state index contributed by atoms with van der Waals surface area (Å²) in [6, 6.07) is 4.79. The van der Waals surface area contributed by atoms with Crippen LogP contribution >= 0.6 is 0 Å². The van der Waals surface area contributed by atoms with Crippen LogP contribution in [-0.4, -0.2) is 18.8 Å². The number of halogens is 1. The maximum absolute atomic E-state index is 13.4. The van der Waals surface area contributed by atoms with E-state index in [9.17, 15) is 4.39 Å². The molecule has 2 nitrogen and oxygen atoms in total. The molecule has 1 aromatic rings. The van der Waals surface area contributed by atoms with Gasteiger partial charge in [-0.15, -0.1) is 0 Å². The average molecular weight is 252 g/mol. The molecule has 18 heavy (non-hydrogen) atoms. The highest BCUT2D eigenvalue weighted by atomic mass is 19.1. The van der Waals surface area contributed by atoms with Gasteiger partial charge in [0.1, 0.15) is 11.6 Å². The summed E-state index contributed by atoms with van der Waals surface area (Å²) in [5.41, 5.74) is 0.974. The molecule has 0 saturated carbocycles. The highest BCUT2D eigenvalue weighted by molar-refractivity contribution is 5.37. The molecular weight excluding hydrogens is 231 g/mol. The molecule has 3 atom stereocenters. The van der Waals surface area contributed by atoms with Gasteiger partial charge in [-0.05, 0) is 50.8 Å². The predicted molar refractivity (Wildman–Crippen MR) is 69.6 cm³/mol. The van der Waals surface area contributed by atoms with Gasteiger partial charge in [0.05, 0.1) is 18.8 Å². The Kier molecular flexibility index (Phi) is 4.23. The van der Waals surface area contributed by atoms with Crippen molar-refractivity contribution in [2.24, 2.45) is 0 Å². The van der Waals surface area contributed by atoms with Crippen molar-refractivity contribution < 1.29 is 13.9 Å². The fourth-order valence-corrected chi connectivity index (χ4v) is 2.40. The molecule has 0 amide bonds. The molecule has 100 valence electrons. The van der Waals surface area contributed by atoms with Crippen LogP contribution in [0.2, 0.25) is 0 Å². The number of hydrogen-bond donors (Lipinski definition) is 0. The standard InChI is InChI=1S/C15H21FO2/c1-4-11(8-15-10(3)18-15)13-9-12(16)6-7-14(13)17-5-2/h6-7,9-11,15H,4-5,8H2,1-3H3. The van der Waals surface area contributed by atoms with Gasteiger partial charge < -0.3 is 9.47 Å². The molecule has 1 aliphatic heterocycles. The second kappa shape index (κ2) is 5.70. The molecule has 1 aromatic carbocycles. The Balaban J connectivity index is 2.19. The zero-order valence-electron chi connectivity index (χ0n) is 11.3. The van der Waals surface area contributed by atoms with Crippen LogP contribution in [-0.2, 0) is 4.74 Å². The van der Waals surface area contributed by atoms with Gasteiger partial charge in [0, 0.05) is 5.56 Å². The van der Waals surface area contributed by atoms with Gasteiger partial charge in [-0.1, -0.05) is 6.92 Å². The summed E-state index contributed by atoms with van der Waals surface area (Å²) in [6.07, 6.45) is 2.59. The Morgan fingerprint density at radius 2 is 2.11 bits per heavy atom. The first kappa shape index (κ1) is 13.3. The first-order valence-corrected chi connectivity index (χ1v) is 6.73. The fraction of sp³-hybridized carbons (Fsp3) is 0.600. The van der Waals surface area contributed by atoms with Crippen LogP contribution in [0, 0.1) is 5.82 Å². The predicted octanol–water partition coefficient (Wildman–Crippen LogP) is 3.90. The van der Waals surface area contributed by atoms with E-state index in [4.69, 9.17) is 9.47 Å². The molecule has 1 fully saturated rings. The number of benzene rings is 1. The van der Waals surface area contributed by atoms with Gasteiger partial charge in [0.15, 0.2) is 0 Å². The van der Waals surface area contributed by atoms with Crippen molar-refractivity contribution in [2.45, 2.75) is 51.7 Å². The van der Waals surface area contributed by atoms with E-state index in [1.165, 1.54) is 6.07 Å². The van der Waals surface area contributed by atoms with Crippen LogP contribution in [0.25, 0.3) is 0 Å². The van der Waals surface area contributed by atoms with E-state index in [0.717, 1.165) is 24.2 Å². The lowest BCUT2D eigenvalue weighted by atomic mass is 9.90. The topological polar surface area (TPSA) is 21.8 Å². The van der Waals surface area contributed by atoms with E-state index in [0.29, 0.717) is 24.7 Å². The van der Waals surface area contributed by atoms with Crippen molar-refractivity contribution in [3.63, 3.8) is 0 Å². The SMILES string of the molecule is CCOc1ccc(F)cc1C(CC)CC1OC1C. The summed E-state index contributed by atoms with van der Waals surface area (Å²) in [4.78, 5) is 0. The van der Waals surface area contributed by atoms with Gasteiger partial charge in [0.25, 0.3) is 0 Å². The van der Waals surface area contributed by atoms with Crippen LogP contribution < -0.4 is 4.74 Å². The zero-order valence-corrected chi connectivity index (χ0v) is 11.3. The molecule has 3 unspecified atom stereocenters. The van der Waals surface area contributed by atoms with Crippen molar-refractivity contribution in [3.8, 4) is 5.75 Å². The molecule has 0 aromatic heterocycles. The molecular formula is C15H21FO2. The van der Waals surface area contributed by atoms with Gasteiger partial charge in [-0.25, -0.2) is 4.39 Å². The van der Waals surface area contributed by atoms with Crippen molar-refractivity contribution in [2.75, 3.05) is 6.61 Å². The Hall–Kier alpha value is -1.09. The molecule has 0 N–H and O–H groups in total. The third-order valence-electron chi connectivity index (χ3n) is 3.56. The Bertz CT molecular complexity index is 405. The third-order valence-corrected chi connectivity index (χ3v) is 3.56. The second-order valence-electron chi connectivity index (χ2n) is 4.84. The molecule has 0 spiro atoms. The molecule has 3 heteroatoms. The Labute approximate surface area is 108 Å². The van der Waals surface area contributed by atoms with Crippen LogP contribution in [0.15, 0.2) is 18.2 Å². The van der Waals surface area contributed by atoms with E-state index in [2.05, 4.69) is 13.8 Å². The van der Waals surface area contributed by atoms with Crippen molar-refractivity contribution in [1.29, 1.82) is 0 Å². The highest BCUT2D eigenvalue weighted by Gasteiger charge is 2.36. The van der Waals surface area contributed by atoms with Gasteiger partial charge in [-0.2, -0.15) is 0 Å². The van der Waals surface area contributed by atoms with E-state index in [-0.39, 0.29) is 5.82 Å². The highest BCUT2D eigenvalue weighted by Crippen LogP contribution is 2.38. The van der Waals surface area contributed by atoms with Crippen LogP contribution in [0.4, 0.5) is 4.39 Å². The molecule has 1 aliphatic rings. The minimum atomic E-state index is -0.198. The quantitative estimate of drug-likeness (QED) is 0.716. The molecule has 0 radical (unpaired) electrons. The third kappa shape index (κ3) is 3.02. The van der Waals surface area contributed by atoms with Crippen molar-refractivity contribution >= 4 is 0 Å².